The molecule has 2 heterocycles. The zero-order valence-electron chi connectivity index (χ0n) is 21.5. The van der Waals surface area contributed by atoms with Gasteiger partial charge in [0, 0.05) is 31.1 Å². The Bertz CT molecular complexity index is 2380. The molecule has 7 aromatic carbocycles. The SMILES string of the molecule is c1ccc2cc(-c3c4ccccc4c(-c4cc5c(ccc6sc7ccccc7c65)o4)c4ccccc34)ccc2c1. The topological polar surface area (TPSA) is 13.1 Å². The van der Waals surface area contributed by atoms with Gasteiger partial charge in [0.2, 0.25) is 0 Å². The van der Waals surface area contributed by atoms with E-state index in [9.17, 15) is 0 Å². The molecular weight excluding hydrogens is 504 g/mol. The third-order valence-electron chi connectivity index (χ3n) is 8.25. The van der Waals surface area contributed by atoms with Crippen LogP contribution in [0.25, 0.3) is 85.9 Å². The molecule has 0 radical (unpaired) electrons. The highest BCUT2D eigenvalue weighted by Crippen LogP contribution is 2.47. The molecule has 0 atom stereocenters. The molecule has 40 heavy (non-hydrogen) atoms. The van der Waals surface area contributed by atoms with E-state index in [1.54, 1.807) is 0 Å². The summed E-state index contributed by atoms with van der Waals surface area (Å²) in [4.78, 5) is 0. The van der Waals surface area contributed by atoms with Crippen LogP contribution in [0.4, 0.5) is 0 Å². The van der Waals surface area contributed by atoms with Crippen molar-refractivity contribution < 1.29 is 4.42 Å². The molecule has 1 nitrogen and oxygen atoms in total. The molecule has 9 aromatic rings. The summed E-state index contributed by atoms with van der Waals surface area (Å²) in [6, 6.07) is 48.2. The molecule has 186 valence electrons. The van der Waals surface area contributed by atoms with Crippen molar-refractivity contribution >= 4 is 74.8 Å². The van der Waals surface area contributed by atoms with E-state index in [4.69, 9.17) is 4.42 Å². The first-order valence-electron chi connectivity index (χ1n) is 13.6. The van der Waals surface area contributed by atoms with Gasteiger partial charge in [0.25, 0.3) is 0 Å². The van der Waals surface area contributed by atoms with Crippen LogP contribution in [-0.2, 0) is 0 Å². The Hall–Kier alpha value is -4.92. The Kier molecular flexibility index (Phi) is 4.55. The quantitative estimate of drug-likeness (QED) is 0.204. The van der Waals surface area contributed by atoms with Crippen LogP contribution in [0.5, 0.6) is 0 Å². The Morgan fingerprint density at radius 1 is 0.425 bits per heavy atom. The third kappa shape index (κ3) is 3.08. The average Bonchev–Trinajstić information content (AvgIpc) is 3.61. The standard InChI is InChI=1S/C38H22OS/c1-2-10-24-21-25(18-17-23(24)9-1)36-26-11-3-5-13-28(26)37(29-14-6-4-12-27(29)36)33-22-31-32(39-33)19-20-35-38(31)30-15-7-8-16-34(30)40-35/h1-22H. The van der Waals surface area contributed by atoms with Gasteiger partial charge in [0.1, 0.15) is 11.3 Å². The van der Waals surface area contributed by atoms with Crippen molar-refractivity contribution in [2.75, 3.05) is 0 Å². The van der Waals surface area contributed by atoms with Crippen LogP contribution in [0.2, 0.25) is 0 Å². The number of hydrogen-bond donors (Lipinski definition) is 0. The van der Waals surface area contributed by atoms with Crippen molar-refractivity contribution in [2.24, 2.45) is 0 Å². The highest BCUT2D eigenvalue weighted by atomic mass is 32.1. The predicted octanol–water partition coefficient (Wildman–Crippen LogP) is 11.6. The first kappa shape index (κ1) is 22.0. The predicted molar refractivity (Wildman–Crippen MR) is 172 cm³/mol. The molecular formula is C38H22OS. The van der Waals surface area contributed by atoms with Crippen LogP contribution in [-0.4, -0.2) is 0 Å². The summed E-state index contributed by atoms with van der Waals surface area (Å²) in [7, 11) is 0. The molecule has 2 aromatic heterocycles. The van der Waals surface area contributed by atoms with Crippen molar-refractivity contribution in [1.29, 1.82) is 0 Å². The molecule has 0 aliphatic heterocycles. The lowest BCUT2D eigenvalue weighted by atomic mass is 9.87. The lowest BCUT2D eigenvalue weighted by Gasteiger charge is -2.16. The summed E-state index contributed by atoms with van der Waals surface area (Å²) < 4.78 is 9.31. The molecule has 0 saturated heterocycles. The van der Waals surface area contributed by atoms with Crippen LogP contribution >= 0.6 is 11.3 Å². The van der Waals surface area contributed by atoms with E-state index in [2.05, 4.69) is 133 Å². The minimum Gasteiger partial charge on any atom is -0.456 e. The van der Waals surface area contributed by atoms with Crippen molar-refractivity contribution in [3.05, 3.63) is 133 Å². The van der Waals surface area contributed by atoms with Gasteiger partial charge in [-0.25, -0.2) is 0 Å². The molecule has 0 spiro atoms. The summed E-state index contributed by atoms with van der Waals surface area (Å²) in [5.74, 6) is 0.912. The Labute approximate surface area is 234 Å². The maximum absolute atomic E-state index is 6.70. The number of furan rings is 1. The Balaban J connectivity index is 1.39. The second-order valence-corrected chi connectivity index (χ2v) is 11.5. The molecule has 0 saturated carbocycles. The molecule has 2 heteroatoms. The van der Waals surface area contributed by atoms with E-state index >= 15 is 0 Å². The van der Waals surface area contributed by atoms with Gasteiger partial charge in [-0.3, -0.25) is 0 Å². The zero-order chi connectivity index (χ0) is 26.2. The maximum atomic E-state index is 6.70. The summed E-state index contributed by atoms with van der Waals surface area (Å²) in [5.41, 5.74) is 4.58. The van der Waals surface area contributed by atoms with Crippen LogP contribution in [0, 0.1) is 0 Å². The normalized spacial score (nSPS) is 12.0. The van der Waals surface area contributed by atoms with Gasteiger partial charge >= 0.3 is 0 Å². The minimum absolute atomic E-state index is 0.912. The molecule has 0 unspecified atom stereocenters. The lowest BCUT2D eigenvalue weighted by Crippen LogP contribution is -1.90. The van der Waals surface area contributed by atoms with E-state index in [1.807, 2.05) is 11.3 Å². The van der Waals surface area contributed by atoms with E-state index in [1.165, 1.54) is 69.0 Å². The molecule has 0 fully saturated rings. The number of hydrogen-bond acceptors (Lipinski definition) is 2. The second kappa shape index (κ2) is 8.29. The van der Waals surface area contributed by atoms with Gasteiger partial charge in [-0.2, -0.15) is 0 Å². The molecule has 0 N–H and O–H groups in total. The van der Waals surface area contributed by atoms with E-state index in [0.717, 1.165) is 16.9 Å². The Morgan fingerprint density at radius 2 is 1.05 bits per heavy atom. The fraction of sp³-hybridized carbons (Fsp3) is 0. The Morgan fingerprint density at radius 3 is 1.80 bits per heavy atom. The van der Waals surface area contributed by atoms with E-state index in [0.29, 0.717) is 0 Å². The van der Waals surface area contributed by atoms with Gasteiger partial charge in [-0.1, -0.05) is 103 Å². The molecule has 0 amide bonds. The first-order valence-corrected chi connectivity index (χ1v) is 14.4. The van der Waals surface area contributed by atoms with Gasteiger partial charge in [-0.15, -0.1) is 11.3 Å². The van der Waals surface area contributed by atoms with Crippen molar-refractivity contribution in [1.82, 2.24) is 0 Å². The second-order valence-electron chi connectivity index (χ2n) is 10.5. The van der Waals surface area contributed by atoms with Crippen molar-refractivity contribution in [3.8, 4) is 22.5 Å². The lowest BCUT2D eigenvalue weighted by molar-refractivity contribution is 0.633. The molecule has 0 bridgehead atoms. The maximum Gasteiger partial charge on any atom is 0.136 e. The average molecular weight is 527 g/mol. The summed E-state index contributed by atoms with van der Waals surface area (Å²) in [6.45, 7) is 0. The molecule has 0 aliphatic rings. The number of fused-ring (bicyclic) bond motifs is 8. The van der Waals surface area contributed by atoms with Crippen LogP contribution in [0.3, 0.4) is 0 Å². The fourth-order valence-corrected chi connectivity index (χ4v) is 7.63. The van der Waals surface area contributed by atoms with E-state index < -0.39 is 0 Å². The molecule has 0 aliphatic carbocycles. The van der Waals surface area contributed by atoms with Crippen LogP contribution in [0.15, 0.2) is 138 Å². The highest BCUT2D eigenvalue weighted by molar-refractivity contribution is 7.26. The van der Waals surface area contributed by atoms with Crippen molar-refractivity contribution in [3.63, 3.8) is 0 Å². The largest absolute Gasteiger partial charge is 0.456 e. The van der Waals surface area contributed by atoms with Crippen LogP contribution in [0.1, 0.15) is 0 Å². The van der Waals surface area contributed by atoms with Crippen molar-refractivity contribution in [2.45, 2.75) is 0 Å². The summed E-state index contributed by atoms with van der Waals surface area (Å²) in [5, 5.41) is 11.1. The number of thiophene rings is 1. The number of benzene rings is 7. The number of rotatable bonds is 2. The van der Waals surface area contributed by atoms with Gasteiger partial charge < -0.3 is 4.42 Å². The van der Waals surface area contributed by atoms with Crippen LogP contribution < -0.4 is 0 Å². The zero-order valence-corrected chi connectivity index (χ0v) is 22.3. The first-order chi connectivity index (χ1) is 19.8. The summed E-state index contributed by atoms with van der Waals surface area (Å²) >= 11 is 1.85. The van der Waals surface area contributed by atoms with Gasteiger partial charge in [0.15, 0.2) is 0 Å². The summed E-state index contributed by atoms with van der Waals surface area (Å²) in [6.07, 6.45) is 0. The van der Waals surface area contributed by atoms with Gasteiger partial charge in [0.05, 0.1) is 0 Å². The van der Waals surface area contributed by atoms with E-state index in [-0.39, 0.29) is 0 Å². The molecule has 9 rings (SSSR count). The minimum atomic E-state index is 0.912. The highest BCUT2D eigenvalue weighted by Gasteiger charge is 2.20. The third-order valence-corrected chi connectivity index (χ3v) is 9.39. The van der Waals surface area contributed by atoms with Gasteiger partial charge in [-0.05, 0) is 73.8 Å². The smallest absolute Gasteiger partial charge is 0.136 e. The fourth-order valence-electron chi connectivity index (χ4n) is 6.51. The monoisotopic (exact) mass is 526 g/mol.